The van der Waals surface area contributed by atoms with Crippen molar-refractivity contribution in [2.45, 2.75) is 29.8 Å². The summed E-state index contributed by atoms with van der Waals surface area (Å²) in [6.07, 6.45) is -2.60. The number of rotatable bonds is 2. The Morgan fingerprint density at radius 3 is 2.46 bits per heavy atom. The number of hydrogen-bond donors (Lipinski definition) is 4. The summed E-state index contributed by atoms with van der Waals surface area (Å²) in [6, 6.07) is -0.761. The molecule has 1 fully saturated rings. The summed E-state index contributed by atoms with van der Waals surface area (Å²) in [5, 5.41) is 27.8. The molecule has 1 aliphatic rings. The molecular formula is C6H14BNO4S. The van der Waals surface area contributed by atoms with E-state index in [1.165, 1.54) is 11.6 Å². The zero-order valence-corrected chi connectivity index (χ0v) is 8.15. The summed E-state index contributed by atoms with van der Waals surface area (Å²) >= 11 is 1.30. The quantitative estimate of drug-likeness (QED) is 0.361. The Morgan fingerprint density at radius 1 is 1.38 bits per heavy atom. The van der Waals surface area contributed by atoms with Gasteiger partial charge in [0, 0.05) is 0 Å². The summed E-state index contributed by atoms with van der Waals surface area (Å²) < 4.78 is 5.21. The molecule has 1 heterocycles. The fraction of sp³-hybridized carbons (Fsp3) is 1.00. The summed E-state index contributed by atoms with van der Waals surface area (Å²) in [6.45, 7) is -0.293. The number of ether oxygens (including phenoxy) is 1. The van der Waals surface area contributed by atoms with Crippen LogP contribution < -0.4 is 5.73 Å². The van der Waals surface area contributed by atoms with E-state index in [0.29, 0.717) is 0 Å². The fourth-order valence-electron chi connectivity index (χ4n) is 1.31. The highest BCUT2D eigenvalue weighted by Gasteiger charge is 2.41. The Bertz CT molecular complexity index is 155. The highest BCUT2D eigenvalue weighted by molar-refractivity contribution is 8.20. The number of nitrogens with two attached hydrogens (primary N) is 1. The predicted octanol–water partition coefficient (Wildman–Crippen LogP) is -2.97. The van der Waals surface area contributed by atoms with Gasteiger partial charge < -0.3 is 25.8 Å². The lowest BCUT2D eigenvalue weighted by Crippen LogP contribution is -2.61. The first kappa shape index (κ1) is 11.3. The maximum absolute atomic E-state index is 9.51. The molecule has 1 saturated heterocycles. The van der Waals surface area contributed by atoms with Crippen LogP contribution in [-0.4, -0.2) is 58.8 Å². The molecule has 1 rings (SSSR count). The Balaban J connectivity index is 2.66. The predicted molar refractivity (Wildman–Crippen MR) is 51.9 cm³/mol. The Labute approximate surface area is 81.6 Å². The van der Waals surface area contributed by atoms with Crippen LogP contribution in [0.25, 0.3) is 0 Å². The standard InChI is InChI=1S/C6H14BNO4S/c7-13-6-5(11)3(8)4(10)2(1-9)12-6/h2-6,9-11H,1,7-8H2. The number of hydrogen-bond acceptors (Lipinski definition) is 6. The molecule has 0 aliphatic carbocycles. The molecule has 5 unspecified atom stereocenters. The molecule has 0 amide bonds. The van der Waals surface area contributed by atoms with Crippen molar-refractivity contribution in [2.24, 2.45) is 5.73 Å². The topological polar surface area (TPSA) is 95.9 Å². The lowest BCUT2D eigenvalue weighted by Gasteiger charge is -2.40. The molecule has 1 aliphatic heterocycles. The summed E-state index contributed by atoms with van der Waals surface area (Å²) in [4.78, 5) is 0. The van der Waals surface area contributed by atoms with Gasteiger partial charge in [-0.05, 0) is 0 Å². The maximum Gasteiger partial charge on any atom is 0.177 e. The van der Waals surface area contributed by atoms with Crippen LogP contribution in [0.2, 0.25) is 0 Å². The van der Waals surface area contributed by atoms with E-state index in [2.05, 4.69) is 0 Å². The molecule has 0 aromatic rings. The Kier molecular flexibility index (Phi) is 4.02. The van der Waals surface area contributed by atoms with Crippen molar-refractivity contribution in [3.05, 3.63) is 0 Å². The third-order valence-electron chi connectivity index (χ3n) is 2.17. The molecule has 5 N–H and O–H groups in total. The molecule has 5 nitrogen and oxygen atoms in total. The second-order valence-corrected chi connectivity index (χ2v) is 3.96. The molecule has 0 aromatic carbocycles. The van der Waals surface area contributed by atoms with Gasteiger partial charge in [0.05, 0.1) is 12.6 Å². The molecule has 0 spiro atoms. The van der Waals surface area contributed by atoms with Crippen LogP contribution in [0.5, 0.6) is 0 Å². The highest BCUT2D eigenvalue weighted by Crippen LogP contribution is 2.25. The smallest absolute Gasteiger partial charge is 0.177 e. The third kappa shape index (κ3) is 2.17. The van der Waals surface area contributed by atoms with Crippen molar-refractivity contribution < 1.29 is 20.1 Å². The van der Waals surface area contributed by atoms with Crippen molar-refractivity contribution >= 4 is 18.7 Å². The van der Waals surface area contributed by atoms with Gasteiger partial charge in [-0.2, -0.15) is 11.6 Å². The third-order valence-corrected chi connectivity index (χ3v) is 3.02. The summed E-state index contributed by atoms with van der Waals surface area (Å²) in [5.74, 6) is 0. The number of aliphatic hydroxyl groups excluding tert-OH is 3. The van der Waals surface area contributed by atoms with Gasteiger partial charge in [-0.15, -0.1) is 0 Å². The molecule has 13 heavy (non-hydrogen) atoms. The monoisotopic (exact) mass is 207 g/mol. The van der Waals surface area contributed by atoms with Gasteiger partial charge in [-0.1, -0.05) is 0 Å². The minimum absolute atomic E-state index is 0.293. The van der Waals surface area contributed by atoms with Gasteiger partial charge in [0.1, 0.15) is 23.7 Å². The lowest BCUT2D eigenvalue weighted by atomic mass is 9.98. The Hall–Kier alpha value is 0.215. The lowest BCUT2D eigenvalue weighted by molar-refractivity contribution is -0.159. The molecular weight excluding hydrogens is 193 g/mol. The van der Waals surface area contributed by atoms with Crippen molar-refractivity contribution in [1.82, 2.24) is 0 Å². The van der Waals surface area contributed by atoms with E-state index in [9.17, 15) is 10.2 Å². The number of aliphatic hydroxyl groups is 3. The van der Waals surface area contributed by atoms with Gasteiger partial charge in [-0.25, -0.2) is 0 Å². The zero-order chi connectivity index (χ0) is 10.0. The average Bonchev–Trinajstić information content (AvgIpc) is 2.15. The van der Waals surface area contributed by atoms with E-state index in [1.54, 1.807) is 7.12 Å². The summed E-state index contributed by atoms with van der Waals surface area (Å²) in [7, 11) is 1.77. The van der Waals surface area contributed by atoms with Gasteiger partial charge in [-0.3, -0.25) is 0 Å². The van der Waals surface area contributed by atoms with Gasteiger partial charge >= 0.3 is 0 Å². The van der Waals surface area contributed by atoms with E-state index >= 15 is 0 Å². The fourth-order valence-corrected chi connectivity index (χ4v) is 2.02. The largest absolute Gasteiger partial charge is 0.394 e. The van der Waals surface area contributed by atoms with E-state index in [1.807, 2.05) is 0 Å². The van der Waals surface area contributed by atoms with Gasteiger partial charge in [0.25, 0.3) is 0 Å². The minimum Gasteiger partial charge on any atom is -0.394 e. The van der Waals surface area contributed by atoms with Crippen LogP contribution in [-0.2, 0) is 4.74 Å². The minimum atomic E-state index is -1.01. The highest BCUT2D eigenvalue weighted by atomic mass is 32.2. The molecule has 0 aromatic heterocycles. The summed E-state index contributed by atoms with van der Waals surface area (Å²) in [5.41, 5.74) is 5.07. The van der Waals surface area contributed by atoms with Crippen molar-refractivity contribution in [3.63, 3.8) is 0 Å². The van der Waals surface area contributed by atoms with E-state index < -0.39 is 29.8 Å². The van der Waals surface area contributed by atoms with Crippen LogP contribution in [0.4, 0.5) is 0 Å². The molecule has 5 atom stereocenters. The van der Waals surface area contributed by atoms with Gasteiger partial charge in [0.15, 0.2) is 7.12 Å². The van der Waals surface area contributed by atoms with Crippen LogP contribution in [0.15, 0.2) is 0 Å². The van der Waals surface area contributed by atoms with Crippen LogP contribution in [0.1, 0.15) is 0 Å². The second kappa shape index (κ2) is 4.63. The average molecular weight is 207 g/mol. The Morgan fingerprint density at radius 2 is 2.00 bits per heavy atom. The first-order valence-electron chi connectivity index (χ1n) is 4.02. The van der Waals surface area contributed by atoms with Crippen molar-refractivity contribution in [2.75, 3.05) is 6.61 Å². The van der Waals surface area contributed by atoms with Crippen LogP contribution in [0.3, 0.4) is 0 Å². The van der Waals surface area contributed by atoms with Gasteiger partial charge in [0.2, 0.25) is 0 Å². The second-order valence-electron chi connectivity index (χ2n) is 3.02. The van der Waals surface area contributed by atoms with Crippen LogP contribution in [0, 0.1) is 0 Å². The molecule has 7 heteroatoms. The first-order chi connectivity index (χ1) is 6.11. The first-order valence-corrected chi connectivity index (χ1v) is 5.31. The molecule has 0 bridgehead atoms. The van der Waals surface area contributed by atoms with E-state index in [4.69, 9.17) is 15.6 Å². The van der Waals surface area contributed by atoms with Crippen molar-refractivity contribution in [3.8, 4) is 0 Å². The molecule has 0 radical (unpaired) electrons. The van der Waals surface area contributed by atoms with E-state index in [0.717, 1.165) is 0 Å². The van der Waals surface area contributed by atoms with Crippen molar-refractivity contribution in [1.29, 1.82) is 0 Å². The molecule has 0 saturated carbocycles. The van der Waals surface area contributed by atoms with E-state index in [-0.39, 0.29) is 6.61 Å². The zero-order valence-electron chi connectivity index (χ0n) is 7.33. The molecule has 76 valence electrons. The van der Waals surface area contributed by atoms with Crippen LogP contribution >= 0.6 is 11.6 Å². The SMILES string of the molecule is BSC1OC(CO)C(O)C(N)C1O. The normalized spacial score (nSPS) is 46.3. The maximum atomic E-state index is 9.51.